The van der Waals surface area contributed by atoms with Crippen molar-refractivity contribution in [2.45, 2.75) is 46.6 Å². The van der Waals surface area contributed by atoms with Crippen molar-refractivity contribution in [3.63, 3.8) is 0 Å². The van der Waals surface area contributed by atoms with Gasteiger partial charge in [0.25, 0.3) is 0 Å². The summed E-state index contributed by atoms with van der Waals surface area (Å²) in [5.74, 6) is 0. The van der Waals surface area contributed by atoms with Crippen LogP contribution in [-0.4, -0.2) is 31.1 Å². The van der Waals surface area contributed by atoms with Gasteiger partial charge in [-0.2, -0.15) is 0 Å². The number of hydrogen-bond donors (Lipinski definition) is 1. The Morgan fingerprint density at radius 2 is 1.84 bits per heavy atom. The minimum Gasteiger partial charge on any atom is -0.310 e. The van der Waals surface area contributed by atoms with E-state index in [2.05, 4.69) is 62.2 Å². The van der Waals surface area contributed by atoms with Crippen molar-refractivity contribution in [3.05, 3.63) is 35.4 Å². The third kappa shape index (κ3) is 5.33. The zero-order chi connectivity index (χ0) is 14.1. The molecule has 1 unspecified atom stereocenters. The van der Waals surface area contributed by atoms with Crippen LogP contribution < -0.4 is 5.32 Å². The molecule has 2 heteroatoms. The highest BCUT2D eigenvalue weighted by Gasteiger charge is 2.13. The molecule has 0 aliphatic carbocycles. The first-order valence-electron chi connectivity index (χ1n) is 7.74. The van der Waals surface area contributed by atoms with Crippen LogP contribution in [0.1, 0.15) is 50.8 Å². The Balaban J connectivity index is 2.65. The summed E-state index contributed by atoms with van der Waals surface area (Å²) < 4.78 is 0. The lowest BCUT2D eigenvalue weighted by molar-refractivity contribution is 0.269. The third-order valence-electron chi connectivity index (χ3n) is 3.74. The average Bonchev–Trinajstić information content (AvgIpc) is 2.42. The van der Waals surface area contributed by atoms with E-state index in [-0.39, 0.29) is 0 Å². The summed E-state index contributed by atoms with van der Waals surface area (Å²) in [5.41, 5.74) is 2.85. The van der Waals surface area contributed by atoms with Crippen LogP contribution >= 0.6 is 0 Å². The maximum atomic E-state index is 3.63. The molecule has 1 atom stereocenters. The van der Waals surface area contributed by atoms with Crippen LogP contribution in [0.15, 0.2) is 24.3 Å². The predicted molar refractivity (Wildman–Crippen MR) is 84.6 cm³/mol. The molecule has 1 rings (SSSR count). The maximum absolute atomic E-state index is 3.63. The Hall–Kier alpha value is -0.860. The van der Waals surface area contributed by atoms with Crippen LogP contribution in [0.4, 0.5) is 0 Å². The zero-order valence-corrected chi connectivity index (χ0v) is 13.1. The molecule has 0 aromatic heterocycles. The number of nitrogens with one attached hydrogen (secondary N) is 1. The zero-order valence-electron chi connectivity index (χ0n) is 13.1. The molecule has 0 aliphatic heterocycles. The van der Waals surface area contributed by atoms with Gasteiger partial charge >= 0.3 is 0 Å². The molecule has 0 saturated heterocycles. The lowest BCUT2D eigenvalue weighted by Crippen LogP contribution is -2.30. The Morgan fingerprint density at radius 3 is 2.42 bits per heavy atom. The number of rotatable bonds is 9. The van der Waals surface area contributed by atoms with Gasteiger partial charge in [-0.05, 0) is 57.1 Å². The Bertz CT molecular complexity index is 349. The van der Waals surface area contributed by atoms with Gasteiger partial charge < -0.3 is 10.2 Å². The maximum Gasteiger partial charge on any atom is 0.0334 e. The van der Waals surface area contributed by atoms with E-state index < -0.39 is 0 Å². The quantitative estimate of drug-likeness (QED) is 0.729. The topological polar surface area (TPSA) is 15.3 Å². The first kappa shape index (κ1) is 16.2. The van der Waals surface area contributed by atoms with Gasteiger partial charge in [-0.1, -0.05) is 45.0 Å². The van der Waals surface area contributed by atoms with Gasteiger partial charge in [0.15, 0.2) is 0 Å². The molecule has 1 aromatic rings. The van der Waals surface area contributed by atoms with Gasteiger partial charge in [0.2, 0.25) is 0 Å². The van der Waals surface area contributed by atoms with Crippen LogP contribution in [-0.2, 0) is 0 Å². The highest BCUT2D eigenvalue weighted by atomic mass is 15.1. The summed E-state index contributed by atoms with van der Waals surface area (Å²) in [6.45, 7) is 13.5. The van der Waals surface area contributed by atoms with Gasteiger partial charge in [-0.25, -0.2) is 0 Å². The van der Waals surface area contributed by atoms with Gasteiger partial charge in [-0.3, -0.25) is 0 Å². The lowest BCUT2D eigenvalue weighted by atomic mass is 9.98. The van der Waals surface area contributed by atoms with Gasteiger partial charge in [0.1, 0.15) is 0 Å². The SMILES string of the molecule is CCCN(CC)CCC(NCC)c1ccccc1C. The molecule has 0 aliphatic rings. The van der Waals surface area contributed by atoms with E-state index >= 15 is 0 Å². The molecule has 0 fully saturated rings. The van der Waals surface area contributed by atoms with E-state index in [4.69, 9.17) is 0 Å². The fourth-order valence-electron chi connectivity index (χ4n) is 2.65. The number of nitrogens with zero attached hydrogens (tertiary/aromatic N) is 1. The first-order chi connectivity index (χ1) is 9.22. The second-order valence-corrected chi connectivity index (χ2v) is 5.19. The monoisotopic (exact) mass is 262 g/mol. The number of aryl methyl sites for hydroxylation is 1. The normalized spacial score (nSPS) is 12.9. The van der Waals surface area contributed by atoms with E-state index in [1.54, 1.807) is 0 Å². The molecular weight excluding hydrogens is 232 g/mol. The largest absolute Gasteiger partial charge is 0.310 e. The van der Waals surface area contributed by atoms with E-state index in [0.717, 1.165) is 13.1 Å². The molecule has 0 amide bonds. The van der Waals surface area contributed by atoms with Gasteiger partial charge in [0.05, 0.1) is 0 Å². The molecule has 0 bridgehead atoms. The number of benzene rings is 1. The van der Waals surface area contributed by atoms with E-state index in [0.29, 0.717) is 6.04 Å². The van der Waals surface area contributed by atoms with E-state index in [9.17, 15) is 0 Å². The predicted octanol–water partition coefficient (Wildman–Crippen LogP) is 3.77. The van der Waals surface area contributed by atoms with Gasteiger partial charge in [-0.15, -0.1) is 0 Å². The van der Waals surface area contributed by atoms with Gasteiger partial charge in [0, 0.05) is 6.04 Å². The Labute approximate surface area is 119 Å². The summed E-state index contributed by atoms with van der Waals surface area (Å²) >= 11 is 0. The minimum atomic E-state index is 0.483. The molecular formula is C17H30N2. The minimum absolute atomic E-state index is 0.483. The Morgan fingerprint density at radius 1 is 1.11 bits per heavy atom. The van der Waals surface area contributed by atoms with Crippen molar-refractivity contribution < 1.29 is 0 Å². The van der Waals surface area contributed by atoms with Crippen LogP contribution in [0.2, 0.25) is 0 Å². The number of hydrogen-bond acceptors (Lipinski definition) is 2. The van der Waals surface area contributed by atoms with Crippen LogP contribution in [0.25, 0.3) is 0 Å². The third-order valence-corrected chi connectivity index (χ3v) is 3.74. The lowest BCUT2D eigenvalue weighted by Gasteiger charge is -2.25. The molecule has 1 N–H and O–H groups in total. The molecule has 1 aromatic carbocycles. The van der Waals surface area contributed by atoms with Crippen molar-refractivity contribution in [3.8, 4) is 0 Å². The average molecular weight is 262 g/mol. The highest BCUT2D eigenvalue weighted by molar-refractivity contribution is 5.28. The van der Waals surface area contributed by atoms with Crippen LogP contribution in [0, 0.1) is 6.92 Å². The second kappa shape index (κ2) is 9.11. The summed E-state index contributed by atoms with van der Waals surface area (Å²) in [6, 6.07) is 9.23. The van der Waals surface area contributed by atoms with Crippen molar-refractivity contribution in [2.24, 2.45) is 0 Å². The van der Waals surface area contributed by atoms with Crippen molar-refractivity contribution >= 4 is 0 Å². The second-order valence-electron chi connectivity index (χ2n) is 5.19. The van der Waals surface area contributed by atoms with E-state index in [1.807, 2.05) is 0 Å². The van der Waals surface area contributed by atoms with Crippen LogP contribution in [0.5, 0.6) is 0 Å². The van der Waals surface area contributed by atoms with Crippen LogP contribution in [0.3, 0.4) is 0 Å². The molecule has 19 heavy (non-hydrogen) atoms. The molecule has 108 valence electrons. The smallest absolute Gasteiger partial charge is 0.0334 e. The summed E-state index contributed by atoms with van der Waals surface area (Å²) in [7, 11) is 0. The molecule has 0 spiro atoms. The van der Waals surface area contributed by atoms with Crippen molar-refractivity contribution in [1.82, 2.24) is 10.2 Å². The molecule has 0 heterocycles. The first-order valence-corrected chi connectivity index (χ1v) is 7.74. The summed E-state index contributed by atoms with van der Waals surface area (Å²) in [5, 5.41) is 3.63. The standard InChI is InChI=1S/C17H30N2/c1-5-13-19(7-3)14-12-17(18-6-2)16-11-9-8-10-15(16)4/h8-11,17-18H,5-7,12-14H2,1-4H3. The molecule has 0 saturated carbocycles. The highest BCUT2D eigenvalue weighted by Crippen LogP contribution is 2.20. The van der Waals surface area contributed by atoms with Crippen molar-refractivity contribution in [1.29, 1.82) is 0 Å². The summed E-state index contributed by atoms with van der Waals surface area (Å²) in [4.78, 5) is 2.54. The fraction of sp³-hybridized carbons (Fsp3) is 0.647. The fourth-order valence-corrected chi connectivity index (χ4v) is 2.65. The van der Waals surface area contributed by atoms with E-state index in [1.165, 1.54) is 37.1 Å². The molecule has 2 nitrogen and oxygen atoms in total. The Kier molecular flexibility index (Phi) is 7.76. The van der Waals surface area contributed by atoms with Crippen molar-refractivity contribution in [2.75, 3.05) is 26.2 Å². The summed E-state index contributed by atoms with van der Waals surface area (Å²) in [6.07, 6.45) is 2.43. The molecule has 0 radical (unpaired) electrons.